The highest BCUT2D eigenvalue weighted by Gasteiger charge is 2.77. The van der Waals surface area contributed by atoms with Crippen molar-refractivity contribution in [2.24, 2.45) is 22.4 Å². The minimum atomic E-state index is -1.27. The lowest BCUT2D eigenvalue weighted by Crippen LogP contribution is -2.79. The maximum Gasteiger partial charge on any atom is 0.324 e. The lowest BCUT2D eigenvalue weighted by atomic mass is 9.88. The molecule has 3 fully saturated rings. The lowest BCUT2D eigenvalue weighted by molar-refractivity contribution is -0.228. The zero-order valence-electron chi connectivity index (χ0n) is 12.5. The second-order valence-corrected chi connectivity index (χ2v) is 7.42. The van der Waals surface area contributed by atoms with Gasteiger partial charge in [-0.05, 0) is 26.2 Å². The van der Waals surface area contributed by atoms with Gasteiger partial charge in [-0.1, -0.05) is 0 Å². The van der Waals surface area contributed by atoms with Crippen molar-refractivity contribution in [3.8, 4) is 0 Å². The molecule has 0 radical (unpaired) electrons. The Labute approximate surface area is 132 Å². The van der Waals surface area contributed by atoms with Crippen LogP contribution in [0, 0.1) is 5.92 Å². The lowest BCUT2D eigenvalue weighted by Gasteiger charge is -2.61. The second kappa shape index (κ2) is 4.77. The number of hydrogen-bond acceptors (Lipinski definition) is 7. The van der Waals surface area contributed by atoms with Crippen LogP contribution in [-0.2, 0) is 4.79 Å². The van der Waals surface area contributed by atoms with E-state index in [9.17, 15) is 15.0 Å². The first kappa shape index (κ1) is 15.4. The molecule has 0 amide bonds. The predicted octanol–water partition coefficient (Wildman–Crippen LogP) is -0.980. The number of amidine groups is 1. The van der Waals surface area contributed by atoms with Crippen LogP contribution < -0.4 is 16.8 Å². The summed E-state index contributed by atoms with van der Waals surface area (Å²) in [6, 6.07) is -0.393. The number of hydrogen-bond donors (Lipinski definition) is 5. The van der Waals surface area contributed by atoms with Crippen molar-refractivity contribution in [2.45, 2.75) is 42.9 Å². The number of fused-ring (bicyclic) bond motifs is 3. The van der Waals surface area contributed by atoms with Crippen molar-refractivity contribution in [1.82, 2.24) is 10.2 Å². The summed E-state index contributed by atoms with van der Waals surface area (Å²) in [4.78, 5) is 17.9. The van der Waals surface area contributed by atoms with Gasteiger partial charge in [0.2, 0.25) is 0 Å². The summed E-state index contributed by atoms with van der Waals surface area (Å²) in [5.74, 6) is 0.758. The second-order valence-electron chi connectivity index (χ2n) is 6.27. The number of nitrogens with two attached hydrogens (primary N) is 2. The molecule has 0 aromatic rings. The summed E-state index contributed by atoms with van der Waals surface area (Å²) in [7, 11) is 0. The molecule has 22 heavy (non-hydrogen) atoms. The van der Waals surface area contributed by atoms with Gasteiger partial charge < -0.3 is 27.0 Å². The van der Waals surface area contributed by atoms with Crippen molar-refractivity contribution in [3.05, 3.63) is 12.0 Å². The molecule has 1 aliphatic carbocycles. The number of aliphatic carboxylic acids is 1. The Morgan fingerprint density at radius 3 is 2.82 bits per heavy atom. The number of thioether (sulfide) groups is 1. The Balaban J connectivity index is 1.81. The van der Waals surface area contributed by atoms with E-state index >= 15 is 0 Å². The fourth-order valence-electron chi connectivity index (χ4n) is 3.53. The molecule has 5 atom stereocenters. The van der Waals surface area contributed by atoms with Gasteiger partial charge in [0.15, 0.2) is 0 Å². The number of aliphatic imine (C=N–C) groups is 1. The van der Waals surface area contributed by atoms with Gasteiger partial charge in [-0.25, -0.2) is 4.90 Å². The molecular weight excluding hydrogens is 306 g/mol. The summed E-state index contributed by atoms with van der Waals surface area (Å²) >= 11 is 1.66. The van der Waals surface area contributed by atoms with E-state index in [0.717, 1.165) is 5.75 Å². The van der Waals surface area contributed by atoms with Gasteiger partial charge in [0.05, 0.1) is 11.2 Å². The Morgan fingerprint density at radius 2 is 2.23 bits per heavy atom. The zero-order valence-corrected chi connectivity index (χ0v) is 13.3. The molecule has 4 unspecified atom stereocenters. The number of carboxylic acid groups (broad SMARTS) is 1. The highest BCUT2D eigenvalue weighted by atomic mass is 32.2. The van der Waals surface area contributed by atoms with Crippen LogP contribution in [0.2, 0.25) is 0 Å². The normalized spacial score (nSPS) is 43.4. The molecule has 1 saturated carbocycles. The van der Waals surface area contributed by atoms with Gasteiger partial charge in [-0.3, -0.25) is 9.79 Å². The van der Waals surface area contributed by atoms with Crippen LogP contribution in [0.3, 0.4) is 0 Å². The maximum absolute atomic E-state index is 11.7. The van der Waals surface area contributed by atoms with E-state index in [0.29, 0.717) is 12.3 Å². The van der Waals surface area contributed by atoms with E-state index in [2.05, 4.69) is 10.3 Å². The fourth-order valence-corrected chi connectivity index (χ4v) is 5.41. The molecule has 122 valence electrons. The summed E-state index contributed by atoms with van der Waals surface area (Å²) in [5, 5.41) is 23.0. The average Bonchev–Trinajstić information content (AvgIpc) is 3.16. The molecule has 2 heterocycles. The number of rotatable bonds is 3. The highest BCUT2D eigenvalue weighted by Crippen LogP contribution is 2.64. The first-order chi connectivity index (χ1) is 10.2. The van der Waals surface area contributed by atoms with E-state index in [4.69, 9.17) is 11.5 Å². The van der Waals surface area contributed by atoms with E-state index in [1.165, 1.54) is 6.20 Å². The monoisotopic (exact) mass is 327 g/mol. The minimum absolute atomic E-state index is 0.113. The summed E-state index contributed by atoms with van der Waals surface area (Å²) in [5.41, 5.74) is 8.51. The largest absolute Gasteiger partial charge is 0.480 e. The Bertz CT molecular complexity index is 574. The molecule has 0 spiro atoms. The van der Waals surface area contributed by atoms with Crippen molar-refractivity contribution in [1.29, 1.82) is 0 Å². The molecule has 9 heteroatoms. The molecule has 0 bridgehead atoms. The molecule has 7 N–H and O–H groups in total. The van der Waals surface area contributed by atoms with Crippen molar-refractivity contribution >= 4 is 23.6 Å². The van der Waals surface area contributed by atoms with Crippen molar-refractivity contribution < 1.29 is 15.0 Å². The summed E-state index contributed by atoms with van der Waals surface area (Å²) in [6.45, 7) is 3.38. The van der Waals surface area contributed by atoms with E-state index in [-0.39, 0.29) is 17.1 Å². The molecular formula is C13H21N5O3S. The van der Waals surface area contributed by atoms with Crippen LogP contribution in [0.4, 0.5) is 0 Å². The number of nitrogens with zero attached hydrogens (tertiary/aromatic N) is 2. The van der Waals surface area contributed by atoms with E-state index < -0.39 is 23.3 Å². The molecule has 3 rings (SSSR count). The number of aliphatic hydroxyl groups is 1. The van der Waals surface area contributed by atoms with Crippen molar-refractivity contribution in [3.63, 3.8) is 0 Å². The Kier molecular flexibility index (Phi) is 3.35. The highest BCUT2D eigenvalue weighted by molar-refractivity contribution is 8.00. The molecule has 2 saturated heterocycles. The Hall–Kier alpha value is -1.45. The molecule has 0 aromatic heterocycles. The topological polar surface area (TPSA) is 137 Å². The van der Waals surface area contributed by atoms with Crippen LogP contribution in [-0.4, -0.2) is 55.4 Å². The van der Waals surface area contributed by atoms with Gasteiger partial charge in [0, 0.05) is 12.0 Å². The Morgan fingerprint density at radius 1 is 1.55 bits per heavy atom. The number of carboxylic acids is 1. The molecule has 0 aromatic carbocycles. The predicted molar refractivity (Wildman–Crippen MR) is 83.7 cm³/mol. The van der Waals surface area contributed by atoms with Gasteiger partial charge in [0.25, 0.3) is 0 Å². The van der Waals surface area contributed by atoms with Gasteiger partial charge in [-0.15, -0.1) is 11.8 Å². The molecule has 2 aliphatic heterocycles. The first-order valence-corrected chi connectivity index (χ1v) is 8.15. The fraction of sp³-hybridized carbons (Fsp3) is 0.692. The van der Waals surface area contributed by atoms with Gasteiger partial charge >= 0.3 is 5.97 Å². The minimum Gasteiger partial charge on any atom is -0.480 e. The van der Waals surface area contributed by atoms with Gasteiger partial charge in [0.1, 0.15) is 23.1 Å². The summed E-state index contributed by atoms with van der Waals surface area (Å²) in [6.07, 6.45) is 2.02. The third kappa shape index (κ3) is 1.99. The van der Waals surface area contributed by atoms with Crippen LogP contribution in [0.5, 0.6) is 0 Å². The quantitative estimate of drug-likeness (QED) is 0.329. The third-order valence-electron chi connectivity index (χ3n) is 4.69. The average molecular weight is 327 g/mol. The van der Waals surface area contributed by atoms with Crippen LogP contribution in [0.25, 0.3) is 0 Å². The standard InChI is InChI=1S/C13H21N5O3S/c1-6(16-4-8(14)15)17-9-10-18(12(9,2)21)13(11(19)20)3-7(13)5-22-10/h4,7,9-10,21H,3,5,14-15H2,1-2H3,(H,16,17)(H,19,20)/t7?,9-,10?,12?,13?/m0/s1. The van der Waals surface area contributed by atoms with Crippen LogP contribution in [0.1, 0.15) is 20.3 Å². The van der Waals surface area contributed by atoms with E-state index in [1.54, 1.807) is 30.5 Å². The number of nitrogens with one attached hydrogen (secondary N) is 1. The molecule has 8 nitrogen and oxygen atoms in total. The first-order valence-electron chi connectivity index (χ1n) is 7.10. The SMILES string of the molecule is CC(=N[C@H]1C2SCC3CC3(C(=O)O)N2C1(C)O)NC=C(N)N. The third-order valence-corrected chi connectivity index (χ3v) is 6.10. The smallest absolute Gasteiger partial charge is 0.324 e. The van der Waals surface area contributed by atoms with Crippen molar-refractivity contribution in [2.75, 3.05) is 5.75 Å². The molecule has 3 aliphatic rings. The number of carbonyl (C=O) groups is 1. The zero-order chi connectivity index (χ0) is 16.3. The van der Waals surface area contributed by atoms with Crippen LogP contribution in [0.15, 0.2) is 17.0 Å². The van der Waals surface area contributed by atoms with Crippen LogP contribution >= 0.6 is 11.8 Å². The summed E-state index contributed by atoms with van der Waals surface area (Å²) < 4.78 is 0. The van der Waals surface area contributed by atoms with E-state index in [1.807, 2.05) is 0 Å². The maximum atomic E-state index is 11.7. The van der Waals surface area contributed by atoms with Gasteiger partial charge in [-0.2, -0.15) is 0 Å².